The van der Waals surface area contributed by atoms with Crippen molar-refractivity contribution in [2.75, 3.05) is 13.1 Å². The van der Waals surface area contributed by atoms with Gasteiger partial charge in [-0.1, -0.05) is 12.8 Å². The number of rotatable bonds is 4. The topological polar surface area (TPSA) is 66.4 Å². The molecule has 0 bridgehead atoms. The van der Waals surface area contributed by atoms with Gasteiger partial charge >= 0.3 is 6.03 Å². The van der Waals surface area contributed by atoms with Crippen molar-refractivity contribution in [2.24, 2.45) is 7.05 Å². The van der Waals surface area contributed by atoms with E-state index in [-0.39, 0.29) is 30.6 Å². The number of likely N-dealkylation sites (tertiary alicyclic amines) is 1. The van der Waals surface area contributed by atoms with E-state index in [1.54, 1.807) is 0 Å². The second-order valence-electron chi connectivity index (χ2n) is 6.68. The lowest BCUT2D eigenvalue weighted by Crippen LogP contribution is -2.47. The minimum absolute atomic E-state index is 0.221. The average molecular weight is 318 g/mol. The van der Waals surface area contributed by atoms with Crippen molar-refractivity contribution in [1.82, 2.24) is 20.1 Å². The monoisotopic (exact) mass is 318 g/mol. The number of nitrogens with zero attached hydrogens (tertiary/aromatic N) is 2. The number of carbonyl (C=O) groups is 2. The van der Waals surface area contributed by atoms with Crippen LogP contribution in [-0.2, 0) is 11.8 Å². The van der Waals surface area contributed by atoms with Crippen LogP contribution in [0, 0.1) is 0 Å². The molecular weight excluding hydrogens is 292 g/mol. The van der Waals surface area contributed by atoms with E-state index in [0.29, 0.717) is 0 Å². The number of nitrogens with one attached hydrogen (secondary N) is 2. The summed E-state index contributed by atoms with van der Waals surface area (Å²) in [5, 5.41) is 5.37. The van der Waals surface area contributed by atoms with Gasteiger partial charge in [0, 0.05) is 25.0 Å². The number of imide groups is 1. The third kappa shape index (κ3) is 3.93. The SMILES string of the molecule is Cn1cccc1[C@H]1CCCN1CC(=O)NC(=O)NC1CCCC1. The van der Waals surface area contributed by atoms with E-state index in [1.165, 1.54) is 5.69 Å². The Balaban J connectivity index is 1.50. The second kappa shape index (κ2) is 7.17. The highest BCUT2D eigenvalue weighted by Gasteiger charge is 2.29. The van der Waals surface area contributed by atoms with Gasteiger partial charge in [-0.3, -0.25) is 15.0 Å². The van der Waals surface area contributed by atoms with Crippen LogP contribution in [0.25, 0.3) is 0 Å². The Kier molecular flexibility index (Phi) is 5.00. The molecule has 1 aliphatic heterocycles. The molecule has 2 heterocycles. The standard InChI is InChI=1S/C17H26N4O2/c1-20-10-4-8-14(20)15-9-5-11-21(15)12-16(22)19-17(23)18-13-6-2-3-7-13/h4,8,10,13,15H,2-3,5-7,9,11-12H2,1H3,(H2,18,19,22,23)/t15-/m1/s1. The number of hydrogen-bond donors (Lipinski definition) is 2. The van der Waals surface area contributed by atoms with Gasteiger partial charge in [0.05, 0.1) is 12.6 Å². The summed E-state index contributed by atoms with van der Waals surface area (Å²) in [4.78, 5) is 26.2. The summed E-state index contributed by atoms with van der Waals surface area (Å²) in [6.45, 7) is 1.17. The molecule has 2 fully saturated rings. The fourth-order valence-electron chi connectivity index (χ4n) is 3.81. The lowest BCUT2D eigenvalue weighted by atomic mass is 10.1. The molecule has 3 amide bonds. The first-order chi connectivity index (χ1) is 11.1. The van der Waals surface area contributed by atoms with E-state index < -0.39 is 0 Å². The van der Waals surface area contributed by atoms with Gasteiger partial charge in [-0.15, -0.1) is 0 Å². The quantitative estimate of drug-likeness (QED) is 0.891. The van der Waals surface area contributed by atoms with Crippen molar-refractivity contribution >= 4 is 11.9 Å². The van der Waals surface area contributed by atoms with E-state index in [2.05, 4.69) is 26.2 Å². The normalized spacial score (nSPS) is 22.4. The summed E-state index contributed by atoms with van der Waals surface area (Å²) < 4.78 is 2.10. The molecule has 3 rings (SSSR count). The van der Waals surface area contributed by atoms with Crippen LogP contribution in [0.4, 0.5) is 4.79 Å². The predicted molar refractivity (Wildman–Crippen MR) is 87.9 cm³/mol. The molecule has 0 aromatic carbocycles. The fraction of sp³-hybridized carbons (Fsp3) is 0.647. The summed E-state index contributed by atoms with van der Waals surface area (Å²) in [6.07, 6.45) is 8.51. The Morgan fingerprint density at radius 1 is 1.22 bits per heavy atom. The predicted octanol–water partition coefficient (Wildman–Crippen LogP) is 1.93. The zero-order valence-corrected chi connectivity index (χ0v) is 13.8. The Hall–Kier alpha value is -1.82. The van der Waals surface area contributed by atoms with Crippen molar-refractivity contribution in [3.05, 3.63) is 24.0 Å². The van der Waals surface area contributed by atoms with Gasteiger partial charge in [0.15, 0.2) is 0 Å². The minimum Gasteiger partial charge on any atom is -0.353 e. The largest absolute Gasteiger partial charge is 0.353 e. The average Bonchev–Trinajstić information content (AvgIpc) is 3.21. The van der Waals surface area contributed by atoms with E-state index in [0.717, 1.165) is 45.1 Å². The number of amides is 3. The van der Waals surface area contributed by atoms with Crippen molar-refractivity contribution in [3.63, 3.8) is 0 Å². The maximum atomic E-state index is 12.2. The lowest BCUT2D eigenvalue weighted by Gasteiger charge is -2.24. The Morgan fingerprint density at radius 2 is 2.00 bits per heavy atom. The Bertz CT molecular complexity index is 563. The molecule has 0 radical (unpaired) electrons. The minimum atomic E-state index is -0.350. The van der Waals surface area contributed by atoms with Crippen LogP contribution in [0.2, 0.25) is 0 Å². The Labute approximate surface area is 137 Å². The number of aryl methyl sites for hydroxylation is 1. The molecule has 1 aromatic heterocycles. The smallest absolute Gasteiger partial charge is 0.321 e. The van der Waals surface area contributed by atoms with Gasteiger partial charge < -0.3 is 9.88 Å². The van der Waals surface area contributed by atoms with Gasteiger partial charge in [0.1, 0.15) is 0 Å². The van der Waals surface area contributed by atoms with Crippen molar-refractivity contribution in [3.8, 4) is 0 Å². The highest BCUT2D eigenvalue weighted by molar-refractivity contribution is 5.95. The third-order valence-electron chi connectivity index (χ3n) is 4.98. The van der Waals surface area contributed by atoms with Crippen LogP contribution in [0.5, 0.6) is 0 Å². The van der Waals surface area contributed by atoms with Crippen LogP contribution in [0.3, 0.4) is 0 Å². The molecular formula is C17H26N4O2. The van der Waals surface area contributed by atoms with Crippen molar-refractivity contribution in [2.45, 2.75) is 50.6 Å². The van der Waals surface area contributed by atoms with Gasteiger partial charge in [-0.2, -0.15) is 0 Å². The van der Waals surface area contributed by atoms with Gasteiger partial charge in [0.2, 0.25) is 5.91 Å². The summed E-state index contributed by atoms with van der Waals surface area (Å²) in [7, 11) is 2.03. The molecule has 0 spiro atoms. The molecule has 6 heteroatoms. The van der Waals surface area contributed by atoms with Crippen LogP contribution < -0.4 is 10.6 Å². The van der Waals surface area contributed by atoms with Gasteiger partial charge in [-0.05, 0) is 44.4 Å². The van der Waals surface area contributed by atoms with Crippen LogP contribution in [-0.4, -0.2) is 40.5 Å². The highest BCUT2D eigenvalue weighted by Crippen LogP contribution is 2.31. The van der Waals surface area contributed by atoms with Crippen LogP contribution in [0.15, 0.2) is 18.3 Å². The molecule has 23 heavy (non-hydrogen) atoms. The molecule has 126 valence electrons. The first-order valence-corrected chi connectivity index (χ1v) is 8.59. The van der Waals surface area contributed by atoms with E-state index in [1.807, 2.05) is 19.3 Å². The molecule has 2 N–H and O–H groups in total. The second-order valence-corrected chi connectivity index (χ2v) is 6.68. The summed E-state index contributed by atoms with van der Waals surface area (Å²) in [5.41, 5.74) is 1.23. The molecule has 1 aromatic rings. The van der Waals surface area contributed by atoms with Crippen molar-refractivity contribution in [1.29, 1.82) is 0 Å². The van der Waals surface area contributed by atoms with Crippen LogP contribution >= 0.6 is 0 Å². The zero-order valence-electron chi connectivity index (χ0n) is 13.8. The number of urea groups is 1. The maximum Gasteiger partial charge on any atom is 0.321 e. The molecule has 1 saturated carbocycles. The summed E-state index contributed by atoms with van der Waals surface area (Å²) in [6, 6.07) is 4.27. The summed E-state index contributed by atoms with van der Waals surface area (Å²) in [5.74, 6) is -0.221. The van der Waals surface area contributed by atoms with E-state index >= 15 is 0 Å². The van der Waals surface area contributed by atoms with E-state index in [4.69, 9.17) is 0 Å². The van der Waals surface area contributed by atoms with E-state index in [9.17, 15) is 9.59 Å². The molecule has 0 unspecified atom stereocenters. The number of carbonyl (C=O) groups excluding carboxylic acids is 2. The molecule has 1 aliphatic carbocycles. The summed E-state index contributed by atoms with van der Waals surface area (Å²) >= 11 is 0. The third-order valence-corrected chi connectivity index (χ3v) is 4.98. The first kappa shape index (κ1) is 16.1. The zero-order chi connectivity index (χ0) is 16.2. The first-order valence-electron chi connectivity index (χ1n) is 8.59. The Morgan fingerprint density at radius 3 is 2.70 bits per heavy atom. The lowest BCUT2D eigenvalue weighted by molar-refractivity contribution is -0.121. The maximum absolute atomic E-state index is 12.2. The molecule has 1 saturated heterocycles. The molecule has 2 aliphatic rings. The highest BCUT2D eigenvalue weighted by atomic mass is 16.2. The van der Waals surface area contributed by atoms with Gasteiger partial charge in [-0.25, -0.2) is 4.79 Å². The van der Waals surface area contributed by atoms with Crippen LogP contribution in [0.1, 0.15) is 50.3 Å². The fourth-order valence-corrected chi connectivity index (χ4v) is 3.81. The van der Waals surface area contributed by atoms with Gasteiger partial charge in [0.25, 0.3) is 0 Å². The molecule has 1 atom stereocenters. The number of hydrogen-bond acceptors (Lipinski definition) is 3. The number of aromatic nitrogens is 1. The molecule has 6 nitrogen and oxygen atoms in total. The van der Waals surface area contributed by atoms with Crippen molar-refractivity contribution < 1.29 is 9.59 Å².